The highest BCUT2D eigenvalue weighted by Crippen LogP contribution is 2.60. The van der Waals surface area contributed by atoms with Gasteiger partial charge in [0.2, 0.25) is 0 Å². The van der Waals surface area contributed by atoms with Crippen molar-refractivity contribution in [1.29, 1.82) is 0 Å². The van der Waals surface area contributed by atoms with Crippen LogP contribution in [0.3, 0.4) is 0 Å². The van der Waals surface area contributed by atoms with Crippen molar-refractivity contribution in [2.75, 3.05) is 12.8 Å². The first-order valence-corrected chi connectivity index (χ1v) is 16.2. The second kappa shape index (κ2) is 14.3. The van der Waals surface area contributed by atoms with Crippen LogP contribution in [-0.4, -0.2) is 73.4 Å². The molecule has 1 saturated heterocycles. The summed E-state index contributed by atoms with van der Waals surface area (Å²) in [5.74, 6) is -3.37. The molecule has 1 aliphatic rings. The number of nitrogens with one attached hydrogen (secondary N) is 1. The Hall–Kier alpha value is -4.21. The zero-order valence-electron chi connectivity index (χ0n) is 22.9. The fourth-order valence-corrected chi connectivity index (χ4v) is 6.74. The van der Waals surface area contributed by atoms with Crippen LogP contribution in [0.5, 0.6) is 0 Å². The Morgan fingerprint density at radius 2 is 1.42 bits per heavy atom. The van der Waals surface area contributed by atoms with E-state index in [-0.39, 0.29) is 11.1 Å². The molecular weight excluding hydrogens is 642 g/mol. The van der Waals surface area contributed by atoms with E-state index in [1.54, 1.807) is 24.3 Å². The summed E-state index contributed by atoms with van der Waals surface area (Å²) in [4.78, 5) is 83.3. The third-order valence-electron chi connectivity index (χ3n) is 6.16. The quantitative estimate of drug-likeness (QED) is 0.149. The second-order valence-corrected chi connectivity index (χ2v) is 13.0. The number of aromatic nitrogens is 2. The second-order valence-electron chi connectivity index (χ2n) is 9.41. The molecule has 0 amide bonds. The van der Waals surface area contributed by atoms with Gasteiger partial charge in [0.15, 0.2) is 18.4 Å². The summed E-state index contributed by atoms with van der Waals surface area (Å²) in [6.45, 7) is -1.01. The van der Waals surface area contributed by atoms with Crippen molar-refractivity contribution in [3.63, 3.8) is 0 Å². The van der Waals surface area contributed by atoms with Crippen LogP contribution in [0.25, 0.3) is 0 Å². The van der Waals surface area contributed by atoms with Crippen LogP contribution in [0.4, 0.5) is 0 Å². The highest BCUT2D eigenvalue weighted by Gasteiger charge is 2.52. The lowest BCUT2D eigenvalue weighted by Crippen LogP contribution is -2.42. The van der Waals surface area contributed by atoms with E-state index >= 15 is 0 Å². The monoisotopic (exact) mass is 668 g/mol. The average Bonchev–Trinajstić information content (AvgIpc) is 3.31. The van der Waals surface area contributed by atoms with Crippen molar-refractivity contribution in [3.05, 3.63) is 105 Å². The molecule has 6 atom stereocenters. The third kappa shape index (κ3) is 9.15. The highest BCUT2D eigenvalue weighted by atomic mass is 31.3. The number of aliphatic carboxylic acids is 1. The lowest BCUT2D eigenvalue weighted by atomic mass is 10.1. The van der Waals surface area contributed by atoms with E-state index < -0.39 is 88.3 Å². The van der Waals surface area contributed by atoms with E-state index in [2.05, 4.69) is 4.31 Å². The standard InChI is InChI=1S/C26H26N2O15P2/c29-19-11-13-28(26(34)27-19)23-22(42-25(33)17-9-5-2-6-10-17)21(41-24(32)16-7-3-1-4-8-16)18(40-23)15-39-45(37,38)43-44(35,36)14-12-20(30)31/h1-11,13,18,21-23H,12,14-15H2,(H,30,31)(H,35,36)(H,37,38)(H,27,29,34)/t18-,21?,22+,23-/m1/s1. The molecule has 2 heterocycles. The Labute approximate surface area is 253 Å². The van der Waals surface area contributed by atoms with Crippen LogP contribution in [0, 0.1) is 0 Å². The molecule has 1 aromatic heterocycles. The van der Waals surface area contributed by atoms with Crippen molar-refractivity contribution in [3.8, 4) is 0 Å². The Morgan fingerprint density at radius 3 is 1.96 bits per heavy atom. The Kier molecular flexibility index (Phi) is 10.7. The molecule has 0 spiro atoms. The summed E-state index contributed by atoms with van der Waals surface area (Å²) in [5.41, 5.74) is -1.68. The molecule has 0 saturated carbocycles. The number of phosphoric ester groups is 1. The summed E-state index contributed by atoms with van der Waals surface area (Å²) in [5, 5.41) is 8.73. The summed E-state index contributed by atoms with van der Waals surface area (Å²) < 4.78 is 51.8. The van der Waals surface area contributed by atoms with Crippen molar-refractivity contribution < 1.29 is 61.5 Å². The maximum Gasteiger partial charge on any atom is 0.479 e. The molecule has 0 radical (unpaired) electrons. The summed E-state index contributed by atoms with van der Waals surface area (Å²) in [6.07, 6.45) is -7.36. The number of esters is 2. The number of benzene rings is 2. The minimum atomic E-state index is -5.40. The van der Waals surface area contributed by atoms with Gasteiger partial charge in [0, 0.05) is 12.3 Å². The predicted octanol–water partition coefficient (Wildman–Crippen LogP) is 1.68. The van der Waals surface area contributed by atoms with Crippen LogP contribution >= 0.6 is 15.4 Å². The number of phosphoric acid groups is 1. The molecule has 2 aromatic carbocycles. The van der Waals surface area contributed by atoms with Crippen molar-refractivity contribution in [2.24, 2.45) is 0 Å². The number of hydrogen-bond donors (Lipinski definition) is 4. The van der Waals surface area contributed by atoms with E-state index in [0.717, 1.165) is 16.8 Å². The van der Waals surface area contributed by atoms with Gasteiger partial charge in [-0.25, -0.2) is 23.3 Å². The largest absolute Gasteiger partial charge is 0.481 e. The molecule has 19 heteroatoms. The topological polar surface area (TPSA) is 247 Å². The van der Waals surface area contributed by atoms with Gasteiger partial charge in [0.1, 0.15) is 6.10 Å². The smallest absolute Gasteiger partial charge is 0.479 e. The summed E-state index contributed by atoms with van der Waals surface area (Å²) in [6, 6.07) is 16.0. The number of ether oxygens (including phenoxy) is 3. The number of carbonyl (C=O) groups excluding carboxylic acids is 2. The lowest BCUT2D eigenvalue weighted by molar-refractivity contribution is -0.136. The fourth-order valence-electron chi connectivity index (χ4n) is 4.12. The van der Waals surface area contributed by atoms with E-state index in [1.807, 2.05) is 4.98 Å². The molecule has 240 valence electrons. The number of hydrogen-bond acceptors (Lipinski definition) is 12. The van der Waals surface area contributed by atoms with Gasteiger partial charge in [-0.2, -0.15) is 0 Å². The minimum Gasteiger partial charge on any atom is -0.481 e. The molecule has 1 fully saturated rings. The number of rotatable bonds is 13. The lowest BCUT2D eigenvalue weighted by Gasteiger charge is -2.25. The number of carboxylic acids is 1. The fraction of sp³-hybridized carbons (Fsp3) is 0.269. The van der Waals surface area contributed by atoms with Crippen LogP contribution in [0.2, 0.25) is 0 Å². The van der Waals surface area contributed by atoms with E-state index in [9.17, 15) is 42.9 Å². The molecule has 1 aliphatic heterocycles. The van der Waals surface area contributed by atoms with Crippen molar-refractivity contribution in [2.45, 2.75) is 31.0 Å². The first kappa shape index (κ1) is 33.7. The van der Waals surface area contributed by atoms with Gasteiger partial charge in [-0.15, -0.1) is 0 Å². The maximum absolute atomic E-state index is 13.1. The molecular formula is C26H26N2O15P2. The number of carboxylic acid groups (broad SMARTS) is 1. The zero-order chi connectivity index (χ0) is 32.8. The van der Waals surface area contributed by atoms with Crippen molar-refractivity contribution in [1.82, 2.24) is 9.55 Å². The molecule has 3 aromatic rings. The van der Waals surface area contributed by atoms with Gasteiger partial charge in [-0.05, 0) is 24.3 Å². The van der Waals surface area contributed by atoms with Crippen LogP contribution < -0.4 is 11.2 Å². The van der Waals surface area contributed by atoms with Gasteiger partial charge in [-0.1, -0.05) is 36.4 Å². The zero-order valence-corrected chi connectivity index (χ0v) is 24.7. The van der Waals surface area contributed by atoms with Crippen LogP contribution in [-0.2, 0) is 37.0 Å². The number of aromatic amines is 1. The number of nitrogens with zero attached hydrogens (tertiary/aromatic N) is 1. The molecule has 45 heavy (non-hydrogen) atoms. The van der Waals surface area contributed by atoms with Crippen LogP contribution in [0.1, 0.15) is 33.4 Å². The highest BCUT2D eigenvalue weighted by molar-refractivity contribution is 7.64. The van der Waals surface area contributed by atoms with Gasteiger partial charge in [-0.3, -0.25) is 28.2 Å². The summed E-state index contributed by atoms with van der Waals surface area (Å²) >= 11 is 0. The Balaban J connectivity index is 1.68. The molecule has 4 N–H and O–H groups in total. The molecule has 4 rings (SSSR count). The normalized spacial score (nSPS) is 22.1. The first-order valence-electron chi connectivity index (χ1n) is 13.0. The predicted molar refractivity (Wildman–Crippen MR) is 150 cm³/mol. The Morgan fingerprint density at radius 1 is 0.867 bits per heavy atom. The molecule has 0 bridgehead atoms. The minimum absolute atomic E-state index is 0.0470. The summed E-state index contributed by atoms with van der Waals surface area (Å²) in [7, 11) is -10.3. The van der Waals surface area contributed by atoms with Gasteiger partial charge in [0.05, 0.1) is 30.3 Å². The molecule has 0 aliphatic carbocycles. The van der Waals surface area contributed by atoms with E-state index in [1.165, 1.54) is 36.4 Å². The number of H-pyrrole nitrogens is 1. The SMILES string of the molecule is O=C(O)CCP(=O)(O)OP(=O)(O)OC[C@H]1O[C@@H](n2ccc(=O)[nH]c2=O)[C@@H](OC(=O)c2ccccc2)C1OC(=O)c1ccccc1. The van der Waals surface area contributed by atoms with Crippen LogP contribution in [0.15, 0.2) is 82.5 Å². The first-order chi connectivity index (χ1) is 21.2. The Bertz CT molecular complexity index is 1740. The average molecular weight is 668 g/mol. The van der Waals surface area contributed by atoms with Gasteiger partial charge < -0.3 is 29.1 Å². The third-order valence-corrected chi connectivity index (χ3v) is 9.27. The van der Waals surface area contributed by atoms with Gasteiger partial charge in [0.25, 0.3) is 5.56 Å². The maximum atomic E-state index is 13.1. The van der Waals surface area contributed by atoms with E-state index in [0.29, 0.717) is 0 Å². The number of carbonyl (C=O) groups is 3. The van der Waals surface area contributed by atoms with Crippen molar-refractivity contribution >= 4 is 33.3 Å². The van der Waals surface area contributed by atoms with E-state index in [4.69, 9.17) is 23.8 Å². The van der Waals surface area contributed by atoms with Gasteiger partial charge >= 0.3 is 39.0 Å². The molecule has 3 unspecified atom stereocenters. The molecule has 17 nitrogen and oxygen atoms in total.